The summed E-state index contributed by atoms with van der Waals surface area (Å²) in [7, 11) is 0. The lowest BCUT2D eigenvalue weighted by atomic mass is 9.86. The molecule has 0 radical (unpaired) electrons. The van der Waals surface area contributed by atoms with Crippen molar-refractivity contribution in [2.75, 3.05) is 6.54 Å². The van der Waals surface area contributed by atoms with Crippen LogP contribution in [0.25, 0.3) is 0 Å². The van der Waals surface area contributed by atoms with E-state index < -0.39 is 6.04 Å². The Morgan fingerprint density at radius 3 is 2.07 bits per heavy atom. The van der Waals surface area contributed by atoms with Gasteiger partial charge in [-0.2, -0.15) is 0 Å². The molecular weight excluding hydrogens is 188 g/mol. The highest BCUT2D eigenvalue weighted by Crippen LogP contribution is 2.20. The quantitative estimate of drug-likeness (QED) is 0.778. The zero-order valence-corrected chi connectivity index (χ0v) is 11.0. The molecule has 3 heteroatoms. The predicted octanol–water partition coefficient (Wildman–Crippen LogP) is 2.01. The summed E-state index contributed by atoms with van der Waals surface area (Å²) in [5.74, 6) is 0.0688. The third kappa shape index (κ3) is 3.82. The van der Waals surface area contributed by atoms with Crippen molar-refractivity contribution in [3.8, 4) is 0 Å². The Kier molecular flexibility index (Phi) is 5.29. The molecular formula is C12H26N2O. The van der Waals surface area contributed by atoms with Crippen LogP contribution in [0, 0.1) is 5.41 Å². The molecule has 0 spiro atoms. The number of nitrogens with two attached hydrogens (primary N) is 1. The van der Waals surface area contributed by atoms with Crippen LogP contribution in [0.5, 0.6) is 0 Å². The number of rotatable bonds is 4. The summed E-state index contributed by atoms with van der Waals surface area (Å²) < 4.78 is 0. The van der Waals surface area contributed by atoms with Crippen LogP contribution in [0.1, 0.15) is 48.0 Å². The zero-order chi connectivity index (χ0) is 12.2. The Balaban J connectivity index is 4.66. The molecule has 2 unspecified atom stereocenters. The Bertz CT molecular complexity index is 208. The number of hydrogen-bond donors (Lipinski definition) is 1. The molecule has 0 aromatic heterocycles. The van der Waals surface area contributed by atoms with E-state index in [0.29, 0.717) is 0 Å². The molecule has 1 amide bonds. The SMILES string of the molecule is CCC(C)N(CC)C(=O)C(N)C(C)(C)C. The van der Waals surface area contributed by atoms with Crippen LogP contribution in [-0.4, -0.2) is 29.4 Å². The van der Waals surface area contributed by atoms with Crippen molar-refractivity contribution < 1.29 is 4.79 Å². The average Bonchev–Trinajstić information content (AvgIpc) is 2.15. The molecule has 0 aromatic carbocycles. The van der Waals surface area contributed by atoms with E-state index in [1.54, 1.807) is 0 Å². The van der Waals surface area contributed by atoms with Crippen LogP contribution in [0.3, 0.4) is 0 Å². The van der Waals surface area contributed by atoms with Crippen LogP contribution >= 0.6 is 0 Å². The molecule has 3 nitrogen and oxygen atoms in total. The largest absolute Gasteiger partial charge is 0.339 e. The first-order chi connectivity index (χ1) is 6.75. The van der Waals surface area contributed by atoms with Gasteiger partial charge in [-0.3, -0.25) is 4.79 Å². The molecule has 0 rings (SSSR count). The molecule has 0 saturated carbocycles. The smallest absolute Gasteiger partial charge is 0.240 e. The van der Waals surface area contributed by atoms with Crippen molar-refractivity contribution in [3.05, 3.63) is 0 Å². The average molecular weight is 214 g/mol. The normalized spacial score (nSPS) is 15.9. The minimum absolute atomic E-state index is 0.0688. The monoisotopic (exact) mass is 214 g/mol. The summed E-state index contributed by atoms with van der Waals surface area (Å²) in [6.07, 6.45) is 0.969. The number of amides is 1. The van der Waals surface area contributed by atoms with Crippen molar-refractivity contribution >= 4 is 5.91 Å². The van der Waals surface area contributed by atoms with Crippen molar-refractivity contribution in [1.82, 2.24) is 4.90 Å². The standard InChI is InChI=1S/C12H26N2O/c1-7-9(3)14(8-2)11(15)10(13)12(4,5)6/h9-10H,7-8,13H2,1-6H3. The van der Waals surface area contributed by atoms with Gasteiger partial charge in [0.2, 0.25) is 5.91 Å². The number of carbonyl (C=O) groups excluding carboxylic acids is 1. The minimum atomic E-state index is -0.411. The van der Waals surface area contributed by atoms with E-state index in [2.05, 4.69) is 13.8 Å². The molecule has 0 aliphatic rings. The van der Waals surface area contributed by atoms with Crippen LogP contribution < -0.4 is 5.73 Å². The summed E-state index contributed by atoms with van der Waals surface area (Å²) in [5.41, 5.74) is 5.80. The third-order valence-corrected chi connectivity index (χ3v) is 2.95. The molecule has 0 heterocycles. The molecule has 0 aliphatic heterocycles. The fourth-order valence-electron chi connectivity index (χ4n) is 1.45. The predicted molar refractivity (Wildman–Crippen MR) is 64.6 cm³/mol. The summed E-state index contributed by atoms with van der Waals surface area (Å²) in [5, 5.41) is 0. The van der Waals surface area contributed by atoms with E-state index in [1.165, 1.54) is 0 Å². The summed E-state index contributed by atoms with van der Waals surface area (Å²) >= 11 is 0. The van der Waals surface area contributed by atoms with Gasteiger partial charge < -0.3 is 10.6 Å². The van der Waals surface area contributed by atoms with Gasteiger partial charge in [0.05, 0.1) is 6.04 Å². The van der Waals surface area contributed by atoms with Crippen molar-refractivity contribution in [2.45, 2.75) is 60.0 Å². The van der Waals surface area contributed by atoms with E-state index >= 15 is 0 Å². The first kappa shape index (κ1) is 14.4. The van der Waals surface area contributed by atoms with E-state index in [1.807, 2.05) is 32.6 Å². The first-order valence-corrected chi connectivity index (χ1v) is 5.81. The van der Waals surface area contributed by atoms with Gasteiger partial charge in [0.25, 0.3) is 0 Å². The number of hydrogen-bond acceptors (Lipinski definition) is 2. The maximum Gasteiger partial charge on any atom is 0.240 e. The van der Waals surface area contributed by atoms with Gasteiger partial charge in [0.1, 0.15) is 0 Å². The topological polar surface area (TPSA) is 46.3 Å². The summed E-state index contributed by atoms with van der Waals surface area (Å²) in [6.45, 7) is 12.9. The highest BCUT2D eigenvalue weighted by molar-refractivity contribution is 5.82. The van der Waals surface area contributed by atoms with Gasteiger partial charge in [-0.25, -0.2) is 0 Å². The fraction of sp³-hybridized carbons (Fsp3) is 0.917. The van der Waals surface area contributed by atoms with Gasteiger partial charge in [-0.05, 0) is 25.7 Å². The third-order valence-electron chi connectivity index (χ3n) is 2.95. The van der Waals surface area contributed by atoms with Crippen molar-refractivity contribution in [1.29, 1.82) is 0 Å². The molecule has 2 N–H and O–H groups in total. The zero-order valence-electron chi connectivity index (χ0n) is 11.0. The van der Waals surface area contributed by atoms with Gasteiger partial charge in [0, 0.05) is 12.6 Å². The van der Waals surface area contributed by atoms with Gasteiger partial charge in [-0.1, -0.05) is 27.7 Å². The van der Waals surface area contributed by atoms with E-state index in [4.69, 9.17) is 5.73 Å². The minimum Gasteiger partial charge on any atom is -0.339 e. The number of likely N-dealkylation sites (N-methyl/N-ethyl adjacent to an activating group) is 1. The maximum absolute atomic E-state index is 12.1. The Morgan fingerprint density at radius 1 is 1.33 bits per heavy atom. The van der Waals surface area contributed by atoms with Gasteiger partial charge in [0.15, 0.2) is 0 Å². The Hall–Kier alpha value is -0.570. The molecule has 0 fully saturated rings. The molecule has 2 atom stereocenters. The Labute approximate surface area is 94.0 Å². The highest BCUT2D eigenvalue weighted by atomic mass is 16.2. The lowest BCUT2D eigenvalue weighted by Gasteiger charge is -2.34. The van der Waals surface area contributed by atoms with Crippen molar-refractivity contribution in [2.24, 2.45) is 11.1 Å². The second-order valence-electron chi connectivity index (χ2n) is 5.23. The fourth-order valence-corrected chi connectivity index (χ4v) is 1.45. The van der Waals surface area contributed by atoms with Crippen LogP contribution in [0.4, 0.5) is 0 Å². The summed E-state index contributed by atoms with van der Waals surface area (Å²) in [4.78, 5) is 14.0. The van der Waals surface area contributed by atoms with Crippen LogP contribution in [-0.2, 0) is 4.79 Å². The van der Waals surface area contributed by atoms with E-state index in [9.17, 15) is 4.79 Å². The lowest BCUT2D eigenvalue weighted by Crippen LogP contribution is -2.52. The molecule has 15 heavy (non-hydrogen) atoms. The lowest BCUT2D eigenvalue weighted by molar-refractivity contribution is -0.136. The number of carbonyl (C=O) groups is 1. The maximum atomic E-state index is 12.1. The second kappa shape index (κ2) is 5.50. The van der Waals surface area contributed by atoms with E-state index in [-0.39, 0.29) is 17.4 Å². The van der Waals surface area contributed by atoms with Crippen molar-refractivity contribution in [3.63, 3.8) is 0 Å². The number of nitrogens with zero attached hydrogens (tertiary/aromatic N) is 1. The van der Waals surface area contributed by atoms with Crippen LogP contribution in [0.15, 0.2) is 0 Å². The van der Waals surface area contributed by atoms with Gasteiger partial charge in [-0.15, -0.1) is 0 Å². The molecule has 0 bridgehead atoms. The first-order valence-electron chi connectivity index (χ1n) is 5.81. The van der Waals surface area contributed by atoms with Gasteiger partial charge >= 0.3 is 0 Å². The second-order valence-corrected chi connectivity index (χ2v) is 5.23. The Morgan fingerprint density at radius 2 is 1.80 bits per heavy atom. The van der Waals surface area contributed by atoms with Crippen LogP contribution in [0.2, 0.25) is 0 Å². The highest BCUT2D eigenvalue weighted by Gasteiger charge is 2.31. The molecule has 0 aliphatic carbocycles. The molecule has 0 aromatic rings. The summed E-state index contributed by atoms with van der Waals surface area (Å²) in [6, 6.07) is -0.137. The molecule has 90 valence electrons. The molecule has 0 saturated heterocycles. The van der Waals surface area contributed by atoms with E-state index in [0.717, 1.165) is 13.0 Å².